The number of hydrogen-bond donors (Lipinski definition) is 1. The molecule has 5 aromatic rings. The minimum absolute atomic E-state index is 0.183. The Morgan fingerprint density at radius 1 is 0.914 bits per heavy atom. The van der Waals surface area contributed by atoms with Gasteiger partial charge in [0.25, 0.3) is 0 Å². The second kappa shape index (κ2) is 9.95. The second-order valence-corrected chi connectivity index (χ2v) is 10.5. The average Bonchev–Trinajstić information content (AvgIpc) is 3.60. The number of nitrogens with zero attached hydrogens (tertiary/aromatic N) is 2. The fourth-order valence-electron chi connectivity index (χ4n) is 4.15. The van der Waals surface area contributed by atoms with E-state index in [0.717, 1.165) is 50.0 Å². The van der Waals surface area contributed by atoms with Gasteiger partial charge in [-0.3, -0.25) is 5.10 Å². The predicted molar refractivity (Wildman–Crippen MR) is 139 cm³/mol. The molecule has 35 heavy (non-hydrogen) atoms. The number of aromatic amines is 1. The Labute approximate surface area is 209 Å². The lowest BCUT2D eigenvalue weighted by molar-refractivity contribution is -0.141. The fraction of sp³-hybridized carbons (Fsp3) is 0.259. The minimum atomic E-state index is -4.49. The lowest BCUT2D eigenvalue weighted by Gasteiger charge is -2.09. The molecule has 0 saturated heterocycles. The standard InChI is InChI=1S/C27H24F3N3S2/c1-2-3-4-5-8-17-11-12-34-26(17)19-13-20(21-16-25(33-32-21)27(28,29)30)31-22(14-19)24-15-18-9-6-7-10-23(18)35-24/h6-7,9-16H,2-5,8H2,1H3,(H,32,33). The molecule has 3 nitrogen and oxygen atoms in total. The van der Waals surface area contributed by atoms with Crippen LogP contribution in [0.5, 0.6) is 0 Å². The van der Waals surface area contributed by atoms with Gasteiger partial charge in [0.2, 0.25) is 0 Å². The third kappa shape index (κ3) is 5.18. The van der Waals surface area contributed by atoms with Crippen molar-refractivity contribution in [3.05, 3.63) is 71.2 Å². The average molecular weight is 512 g/mol. The van der Waals surface area contributed by atoms with Crippen molar-refractivity contribution in [3.63, 3.8) is 0 Å². The molecular formula is C27H24F3N3S2. The van der Waals surface area contributed by atoms with E-state index in [-0.39, 0.29) is 5.69 Å². The number of unbranched alkanes of at least 4 members (excludes halogenated alkanes) is 3. The van der Waals surface area contributed by atoms with Gasteiger partial charge in [-0.25, -0.2) is 4.98 Å². The van der Waals surface area contributed by atoms with Gasteiger partial charge in [0.05, 0.1) is 16.3 Å². The van der Waals surface area contributed by atoms with E-state index in [4.69, 9.17) is 4.98 Å². The summed E-state index contributed by atoms with van der Waals surface area (Å²) in [7, 11) is 0. The summed E-state index contributed by atoms with van der Waals surface area (Å²) < 4.78 is 40.8. The maximum atomic E-state index is 13.2. The zero-order valence-corrected chi connectivity index (χ0v) is 20.8. The van der Waals surface area contributed by atoms with Crippen LogP contribution in [0.1, 0.15) is 43.9 Å². The van der Waals surface area contributed by atoms with Crippen molar-refractivity contribution >= 4 is 32.8 Å². The molecule has 0 unspecified atom stereocenters. The number of pyridine rings is 1. The van der Waals surface area contributed by atoms with Crippen LogP contribution in [0.3, 0.4) is 0 Å². The largest absolute Gasteiger partial charge is 0.432 e. The number of halogens is 3. The fourth-order valence-corrected chi connectivity index (χ4v) is 6.12. The van der Waals surface area contributed by atoms with Gasteiger partial charge in [0.1, 0.15) is 11.4 Å². The number of fused-ring (bicyclic) bond motifs is 1. The smallest absolute Gasteiger partial charge is 0.273 e. The SMILES string of the molecule is CCCCCCc1ccsc1-c1cc(-c2cc(C(F)(F)F)[nH]n2)nc(-c2cc3ccccc3s2)c1. The molecule has 0 fully saturated rings. The summed E-state index contributed by atoms with van der Waals surface area (Å²) in [6, 6.07) is 17.3. The Morgan fingerprint density at radius 3 is 2.51 bits per heavy atom. The number of aryl methyl sites for hydroxylation is 1. The lowest BCUT2D eigenvalue weighted by Crippen LogP contribution is -2.04. The summed E-state index contributed by atoms with van der Waals surface area (Å²) in [4.78, 5) is 6.87. The van der Waals surface area contributed by atoms with Crippen LogP contribution in [0.25, 0.3) is 42.5 Å². The van der Waals surface area contributed by atoms with E-state index in [1.807, 2.05) is 24.3 Å². The quantitative estimate of drug-likeness (QED) is 0.211. The van der Waals surface area contributed by atoms with Crippen LogP contribution in [-0.4, -0.2) is 15.2 Å². The number of hydrogen-bond acceptors (Lipinski definition) is 4. The topological polar surface area (TPSA) is 41.6 Å². The molecule has 0 spiro atoms. The molecule has 8 heteroatoms. The number of nitrogens with one attached hydrogen (secondary N) is 1. The van der Waals surface area contributed by atoms with E-state index >= 15 is 0 Å². The van der Waals surface area contributed by atoms with Gasteiger partial charge >= 0.3 is 6.18 Å². The highest BCUT2D eigenvalue weighted by Gasteiger charge is 2.33. The summed E-state index contributed by atoms with van der Waals surface area (Å²) in [5.41, 5.74) is 2.69. The van der Waals surface area contributed by atoms with Gasteiger partial charge in [-0.15, -0.1) is 22.7 Å². The van der Waals surface area contributed by atoms with Crippen LogP contribution in [0.4, 0.5) is 13.2 Å². The number of thiophene rings is 2. The van der Waals surface area contributed by atoms with Crippen molar-refractivity contribution in [3.8, 4) is 32.4 Å². The molecule has 0 aliphatic carbocycles. The molecule has 0 atom stereocenters. The first-order chi connectivity index (χ1) is 16.9. The molecule has 4 aromatic heterocycles. The van der Waals surface area contributed by atoms with Crippen molar-refractivity contribution in [2.45, 2.75) is 45.2 Å². The lowest BCUT2D eigenvalue weighted by atomic mass is 10.0. The first-order valence-electron chi connectivity index (χ1n) is 11.6. The third-order valence-corrected chi connectivity index (χ3v) is 8.10. The maximum Gasteiger partial charge on any atom is 0.432 e. The molecule has 5 rings (SSSR count). The molecule has 0 saturated carbocycles. The number of rotatable bonds is 8. The number of H-pyrrole nitrogens is 1. The van der Waals surface area contributed by atoms with E-state index in [9.17, 15) is 13.2 Å². The van der Waals surface area contributed by atoms with Crippen LogP contribution in [0, 0.1) is 0 Å². The van der Waals surface area contributed by atoms with Gasteiger partial charge in [0, 0.05) is 9.58 Å². The van der Waals surface area contributed by atoms with Crippen LogP contribution < -0.4 is 0 Å². The highest BCUT2D eigenvalue weighted by atomic mass is 32.1. The molecule has 1 aromatic carbocycles. The molecule has 0 bridgehead atoms. The molecule has 0 radical (unpaired) electrons. The monoisotopic (exact) mass is 511 g/mol. The normalized spacial score (nSPS) is 12.0. The van der Waals surface area contributed by atoms with Gasteiger partial charge in [-0.1, -0.05) is 44.4 Å². The van der Waals surface area contributed by atoms with Crippen LogP contribution in [0.2, 0.25) is 0 Å². The molecule has 0 amide bonds. The van der Waals surface area contributed by atoms with E-state index in [1.54, 1.807) is 22.7 Å². The molecule has 0 aliphatic rings. The van der Waals surface area contributed by atoms with Crippen molar-refractivity contribution in [2.24, 2.45) is 0 Å². The molecule has 0 aliphatic heterocycles. The van der Waals surface area contributed by atoms with Crippen LogP contribution in [0.15, 0.2) is 60.0 Å². The summed E-state index contributed by atoms with van der Waals surface area (Å²) >= 11 is 3.28. The van der Waals surface area contributed by atoms with E-state index in [2.05, 4.69) is 46.8 Å². The number of benzene rings is 1. The summed E-state index contributed by atoms with van der Waals surface area (Å²) in [6.07, 6.45) is 1.20. The zero-order valence-electron chi connectivity index (χ0n) is 19.2. The highest BCUT2D eigenvalue weighted by Crippen LogP contribution is 2.39. The Kier molecular flexibility index (Phi) is 6.75. The van der Waals surface area contributed by atoms with Gasteiger partial charge in [-0.2, -0.15) is 18.3 Å². The predicted octanol–water partition coefficient (Wildman–Crippen LogP) is 9.22. The maximum absolute atomic E-state index is 13.2. The molecular weight excluding hydrogens is 487 g/mol. The van der Waals surface area contributed by atoms with Crippen molar-refractivity contribution < 1.29 is 13.2 Å². The second-order valence-electron chi connectivity index (χ2n) is 8.53. The Bertz CT molecular complexity index is 1410. The summed E-state index contributed by atoms with van der Waals surface area (Å²) in [6.45, 7) is 2.20. The van der Waals surface area contributed by atoms with Crippen molar-refractivity contribution in [1.82, 2.24) is 15.2 Å². The van der Waals surface area contributed by atoms with Gasteiger partial charge < -0.3 is 0 Å². The Hall–Kier alpha value is -2.97. The molecule has 1 N–H and O–H groups in total. The first kappa shape index (κ1) is 23.8. The third-order valence-electron chi connectivity index (χ3n) is 5.96. The van der Waals surface area contributed by atoms with E-state index in [1.165, 1.54) is 24.8 Å². The summed E-state index contributed by atoms with van der Waals surface area (Å²) in [5, 5.41) is 9.27. The Morgan fingerprint density at radius 2 is 1.74 bits per heavy atom. The molecule has 4 heterocycles. The van der Waals surface area contributed by atoms with Crippen molar-refractivity contribution in [2.75, 3.05) is 0 Å². The minimum Gasteiger partial charge on any atom is -0.273 e. The number of aromatic nitrogens is 3. The van der Waals surface area contributed by atoms with Gasteiger partial charge in [0.15, 0.2) is 0 Å². The molecule has 180 valence electrons. The van der Waals surface area contributed by atoms with Crippen LogP contribution >= 0.6 is 22.7 Å². The summed E-state index contributed by atoms with van der Waals surface area (Å²) in [5.74, 6) is 0. The zero-order chi connectivity index (χ0) is 24.4. The number of alkyl halides is 3. The van der Waals surface area contributed by atoms with E-state index < -0.39 is 11.9 Å². The highest BCUT2D eigenvalue weighted by molar-refractivity contribution is 7.22. The van der Waals surface area contributed by atoms with Crippen LogP contribution in [-0.2, 0) is 12.6 Å². The van der Waals surface area contributed by atoms with E-state index in [0.29, 0.717) is 5.69 Å². The Balaban J connectivity index is 1.59. The van der Waals surface area contributed by atoms with Gasteiger partial charge in [-0.05, 0) is 71.1 Å². The van der Waals surface area contributed by atoms with Crippen molar-refractivity contribution in [1.29, 1.82) is 0 Å². The first-order valence-corrected chi connectivity index (χ1v) is 13.3.